The SMILES string of the molecule is C=CCCCC(C)(C)C(C)=O. The largest absolute Gasteiger partial charge is 0.299 e. The van der Waals surface area contributed by atoms with Crippen molar-refractivity contribution in [2.24, 2.45) is 5.41 Å². The number of carbonyl (C=O) groups excluding carboxylic acids is 1. The fourth-order valence-corrected chi connectivity index (χ4v) is 0.864. The molecule has 0 amide bonds. The van der Waals surface area contributed by atoms with E-state index in [0.29, 0.717) is 0 Å². The molecule has 1 heteroatoms. The molecule has 0 aromatic carbocycles. The number of hydrogen-bond donors (Lipinski definition) is 0. The highest BCUT2D eigenvalue weighted by atomic mass is 16.1. The van der Waals surface area contributed by atoms with Gasteiger partial charge in [-0.1, -0.05) is 19.9 Å². The summed E-state index contributed by atoms with van der Waals surface area (Å²) >= 11 is 0. The predicted octanol–water partition coefficient (Wildman–Crippen LogP) is 2.96. The number of ketones is 1. The van der Waals surface area contributed by atoms with E-state index in [1.165, 1.54) is 0 Å². The maximum absolute atomic E-state index is 11.0. The lowest BCUT2D eigenvalue weighted by molar-refractivity contribution is -0.125. The number of Topliss-reactive ketones (excluding diaryl/α,β-unsaturated/α-hetero) is 1. The summed E-state index contributed by atoms with van der Waals surface area (Å²) in [4.78, 5) is 11.0. The molecule has 64 valence electrons. The Balaban J connectivity index is 3.72. The lowest BCUT2D eigenvalue weighted by Crippen LogP contribution is -2.20. The quantitative estimate of drug-likeness (QED) is 0.439. The first-order chi connectivity index (χ1) is 5.00. The van der Waals surface area contributed by atoms with Crippen LogP contribution < -0.4 is 0 Å². The Morgan fingerprint density at radius 3 is 2.45 bits per heavy atom. The molecule has 0 aliphatic heterocycles. The second kappa shape index (κ2) is 4.32. The number of allylic oxidation sites excluding steroid dienone is 1. The van der Waals surface area contributed by atoms with E-state index < -0.39 is 0 Å². The second-order valence-electron chi connectivity index (χ2n) is 3.62. The summed E-state index contributed by atoms with van der Waals surface area (Å²) in [6.45, 7) is 9.30. The van der Waals surface area contributed by atoms with Gasteiger partial charge in [-0.2, -0.15) is 0 Å². The minimum absolute atomic E-state index is 0.136. The molecule has 0 aromatic rings. The van der Waals surface area contributed by atoms with Crippen LogP contribution in [0.4, 0.5) is 0 Å². The number of hydrogen-bond acceptors (Lipinski definition) is 1. The van der Waals surface area contributed by atoms with E-state index in [1.54, 1.807) is 6.92 Å². The van der Waals surface area contributed by atoms with Gasteiger partial charge in [0.05, 0.1) is 0 Å². The van der Waals surface area contributed by atoms with Crippen molar-refractivity contribution < 1.29 is 4.79 Å². The van der Waals surface area contributed by atoms with Crippen molar-refractivity contribution in [1.82, 2.24) is 0 Å². The van der Waals surface area contributed by atoms with Crippen LogP contribution in [0.1, 0.15) is 40.0 Å². The van der Waals surface area contributed by atoms with E-state index >= 15 is 0 Å². The third kappa shape index (κ3) is 3.97. The topological polar surface area (TPSA) is 17.1 Å². The molecule has 0 unspecified atom stereocenters. The van der Waals surface area contributed by atoms with E-state index in [-0.39, 0.29) is 11.2 Å². The minimum atomic E-state index is -0.136. The monoisotopic (exact) mass is 154 g/mol. The van der Waals surface area contributed by atoms with Crippen molar-refractivity contribution in [3.63, 3.8) is 0 Å². The van der Waals surface area contributed by atoms with Gasteiger partial charge in [0.2, 0.25) is 0 Å². The molecule has 1 nitrogen and oxygen atoms in total. The zero-order valence-electron chi connectivity index (χ0n) is 7.81. The van der Waals surface area contributed by atoms with Crippen LogP contribution in [-0.2, 0) is 4.79 Å². The molecule has 0 atom stereocenters. The maximum atomic E-state index is 11.0. The number of unbranched alkanes of at least 4 members (excludes halogenated alkanes) is 1. The molecule has 0 aliphatic rings. The number of carbonyl (C=O) groups is 1. The van der Waals surface area contributed by atoms with Crippen molar-refractivity contribution in [2.75, 3.05) is 0 Å². The van der Waals surface area contributed by atoms with Crippen LogP contribution in [0, 0.1) is 5.41 Å². The Morgan fingerprint density at radius 1 is 1.55 bits per heavy atom. The summed E-state index contributed by atoms with van der Waals surface area (Å²) in [6, 6.07) is 0. The molecule has 0 saturated carbocycles. The van der Waals surface area contributed by atoms with Gasteiger partial charge in [-0.25, -0.2) is 0 Å². The van der Waals surface area contributed by atoms with E-state index in [4.69, 9.17) is 0 Å². The Bertz CT molecular complexity index is 145. The lowest BCUT2D eigenvalue weighted by Gasteiger charge is -2.19. The molecular weight excluding hydrogens is 136 g/mol. The highest BCUT2D eigenvalue weighted by molar-refractivity contribution is 5.81. The van der Waals surface area contributed by atoms with Gasteiger partial charge in [0.25, 0.3) is 0 Å². The third-order valence-corrected chi connectivity index (χ3v) is 2.16. The normalized spacial score (nSPS) is 11.2. The predicted molar refractivity (Wildman–Crippen MR) is 48.5 cm³/mol. The second-order valence-corrected chi connectivity index (χ2v) is 3.62. The highest BCUT2D eigenvalue weighted by Gasteiger charge is 2.21. The average molecular weight is 154 g/mol. The summed E-state index contributed by atoms with van der Waals surface area (Å²) in [6.07, 6.45) is 4.94. The standard InChI is InChI=1S/C10H18O/c1-5-6-7-8-10(3,4)9(2)11/h5H,1,6-8H2,2-4H3. The first-order valence-electron chi connectivity index (χ1n) is 4.12. The Hall–Kier alpha value is -0.590. The lowest BCUT2D eigenvalue weighted by atomic mass is 9.83. The zero-order chi connectivity index (χ0) is 8.91. The van der Waals surface area contributed by atoms with Gasteiger partial charge in [0, 0.05) is 5.41 Å². The van der Waals surface area contributed by atoms with Crippen LogP contribution in [0.15, 0.2) is 12.7 Å². The summed E-state index contributed by atoms with van der Waals surface area (Å²) in [7, 11) is 0. The van der Waals surface area contributed by atoms with Gasteiger partial charge in [-0.05, 0) is 26.2 Å². The Morgan fingerprint density at radius 2 is 2.09 bits per heavy atom. The Kier molecular flexibility index (Phi) is 4.09. The van der Waals surface area contributed by atoms with E-state index in [1.807, 2.05) is 19.9 Å². The molecule has 0 aliphatic carbocycles. The zero-order valence-corrected chi connectivity index (χ0v) is 7.81. The van der Waals surface area contributed by atoms with Crippen molar-refractivity contribution in [1.29, 1.82) is 0 Å². The first kappa shape index (κ1) is 10.4. The molecule has 0 heterocycles. The third-order valence-electron chi connectivity index (χ3n) is 2.16. The highest BCUT2D eigenvalue weighted by Crippen LogP contribution is 2.23. The molecule has 0 N–H and O–H groups in total. The van der Waals surface area contributed by atoms with E-state index in [0.717, 1.165) is 19.3 Å². The van der Waals surface area contributed by atoms with Crippen molar-refractivity contribution in [3.8, 4) is 0 Å². The van der Waals surface area contributed by atoms with Gasteiger partial charge in [-0.3, -0.25) is 4.79 Å². The van der Waals surface area contributed by atoms with E-state index in [9.17, 15) is 4.79 Å². The molecule has 0 aromatic heterocycles. The molecular formula is C10H18O. The molecule has 0 fully saturated rings. The first-order valence-corrected chi connectivity index (χ1v) is 4.12. The fourth-order valence-electron chi connectivity index (χ4n) is 0.864. The van der Waals surface area contributed by atoms with Crippen molar-refractivity contribution in [3.05, 3.63) is 12.7 Å². The minimum Gasteiger partial charge on any atom is -0.299 e. The Labute approximate surface area is 69.5 Å². The van der Waals surface area contributed by atoms with E-state index in [2.05, 4.69) is 6.58 Å². The van der Waals surface area contributed by atoms with Gasteiger partial charge in [-0.15, -0.1) is 6.58 Å². The molecule has 0 bridgehead atoms. The van der Waals surface area contributed by atoms with Crippen LogP contribution in [-0.4, -0.2) is 5.78 Å². The van der Waals surface area contributed by atoms with Crippen LogP contribution >= 0.6 is 0 Å². The average Bonchev–Trinajstić information content (AvgIpc) is 1.88. The summed E-state index contributed by atoms with van der Waals surface area (Å²) in [5.74, 6) is 0.279. The summed E-state index contributed by atoms with van der Waals surface area (Å²) in [5, 5.41) is 0. The van der Waals surface area contributed by atoms with Crippen molar-refractivity contribution in [2.45, 2.75) is 40.0 Å². The smallest absolute Gasteiger partial charge is 0.135 e. The molecule has 0 radical (unpaired) electrons. The summed E-state index contributed by atoms with van der Waals surface area (Å²) in [5.41, 5.74) is -0.136. The van der Waals surface area contributed by atoms with Crippen LogP contribution in [0.2, 0.25) is 0 Å². The molecule has 0 rings (SSSR count). The van der Waals surface area contributed by atoms with Gasteiger partial charge >= 0.3 is 0 Å². The van der Waals surface area contributed by atoms with Crippen molar-refractivity contribution >= 4 is 5.78 Å². The van der Waals surface area contributed by atoms with Crippen LogP contribution in [0.25, 0.3) is 0 Å². The van der Waals surface area contributed by atoms with Gasteiger partial charge in [0.1, 0.15) is 5.78 Å². The molecule has 11 heavy (non-hydrogen) atoms. The molecule has 0 saturated heterocycles. The number of rotatable bonds is 5. The van der Waals surface area contributed by atoms with Gasteiger partial charge in [0.15, 0.2) is 0 Å². The maximum Gasteiger partial charge on any atom is 0.135 e. The van der Waals surface area contributed by atoms with Crippen LogP contribution in [0.5, 0.6) is 0 Å². The fraction of sp³-hybridized carbons (Fsp3) is 0.700. The summed E-state index contributed by atoms with van der Waals surface area (Å²) < 4.78 is 0. The van der Waals surface area contributed by atoms with Crippen LogP contribution in [0.3, 0.4) is 0 Å². The van der Waals surface area contributed by atoms with Gasteiger partial charge < -0.3 is 0 Å². The molecule has 0 spiro atoms.